The van der Waals surface area contributed by atoms with Crippen LogP contribution in [0.15, 0.2) is 114 Å². The smallest absolute Gasteiger partial charge is 0.272 e. The van der Waals surface area contributed by atoms with Crippen molar-refractivity contribution >= 4 is 81.1 Å². The van der Waals surface area contributed by atoms with Crippen molar-refractivity contribution in [2.24, 2.45) is 0 Å². The lowest BCUT2D eigenvalue weighted by Crippen LogP contribution is -2.30. The fraction of sp³-hybridized carbons (Fsp3) is 0.0333. The summed E-state index contributed by atoms with van der Waals surface area (Å²) in [6.07, 6.45) is 1.54. The number of thioether (sulfide) groups is 1. The SMILES string of the molecule is O=C(CSc1ccc(NC(=O)/C(=C/c2ccccc2Cl)NC(=O)c2ccccc2)cc1)Nc1ccc(I)cc1. The molecular weight excluding hydrogens is 645 g/mol. The maximum Gasteiger partial charge on any atom is 0.272 e. The van der Waals surface area contributed by atoms with E-state index in [2.05, 4.69) is 38.5 Å². The van der Waals surface area contributed by atoms with E-state index < -0.39 is 11.8 Å². The number of hydrogen-bond acceptors (Lipinski definition) is 4. The molecule has 0 aliphatic heterocycles. The Morgan fingerprint density at radius 3 is 2.08 bits per heavy atom. The molecule has 0 unspecified atom stereocenters. The molecule has 0 atom stereocenters. The van der Waals surface area contributed by atoms with Crippen LogP contribution in [0.3, 0.4) is 0 Å². The zero-order valence-corrected chi connectivity index (χ0v) is 24.2. The molecule has 3 N–H and O–H groups in total. The van der Waals surface area contributed by atoms with Crippen LogP contribution < -0.4 is 16.0 Å². The van der Waals surface area contributed by atoms with E-state index in [9.17, 15) is 14.4 Å². The minimum atomic E-state index is -0.503. The second kappa shape index (κ2) is 14.0. The summed E-state index contributed by atoms with van der Waals surface area (Å²) in [6.45, 7) is 0. The van der Waals surface area contributed by atoms with Gasteiger partial charge in [-0.1, -0.05) is 48.0 Å². The predicted molar refractivity (Wildman–Crippen MR) is 167 cm³/mol. The Morgan fingerprint density at radius 1 is 0.769 bits per heavy atom. The molecule has 0 bridgehead atoms. The lowest BCUT2D eigenvalue weighted by Gasteiger charge is -2.12. The number of carbonyl (C=O) groups excluding carboxylic acids is 3. The first-order valence-electron chi connectivity index (χ1n) is 11.8. The summed E-state index contributed by atoms with van der Waals surface area (Å²) in [4.78, 5) is 39.1. The number of rotatable bonds is 9. The van der Waals surface area contributed by atoms with Crippen molar-refractivity contribution in [2.75, 3.05) is 16.4 Å². The summed E-state index contributed by atoms with van der Waals surface area (Å²) in [7, 11) is 0. The highest BCUT2D eigenvalue weighted by molar-refractivity contribution is 14.1. The number of carbonyl (C=O) groups is 3. The number of nitrogens with one attached hydrogen (secondary N) is 3. The molecule has 0 aliphatic carbocycles. The van der Waals surface area contributed by atoms with Crippen molar-refractivity contribution in [3.63, 3.8) is 0 Å². The van der Waals surface area contributed by atoms with Crippen LogP contribution in [0.5, 0.6) is 0 Å². The van der Waals surface area contributed by atoms with Crippen LogP contribution in [0.4, 0.5) is 11.4 Å². The molecule has 0 heterocycles. The van der Waals surface area contributed by atoms with Gasteiger partial charge >= 0.3 is 0 Å². The molecule has 4 aromatic carbocycles. The normalized spacial score (nSPS) is 11.0. The topological polar surface area (TPSA) is 87.3 Å². The van der Waals surface area contributed by atoms with E-state index in [0.29, 0.717) is 21.8 Å². The molecule has 9 heteroatoms. The van der Waals surface area contributed by atoms with E-state index in [1.165, 1.54) is 17.8 Å². The van der Waals surface area contributed by atoms with Crippen LogP contribution in [0.2, 0.25) is 5.02 Å². The number of amides is 3. The first-order valence-corrected chi connectivity index (χ1v) is 14.2. The van der Waals surface area contributed by atoms with Crippen LogP contribution in [0, 0.1) is 3.57 Å². The third-order valence-electron chi connectivity index (χ3n) is 5.34. The van der Waals surface area contributed by atoms with Crippen molar-refractivity contribution in [1.29, 1.82) is 0 Å². The fourth-order valence-corrected chi connectivity index (χ4v) is 4.65. The molecule has 0 spiro atoms. The van der Waals surface area contributed by atoms with Gasteiger partial charge in [0.1, 0.15) is 5.70 Å². The van der Waals surface area contributed by atoms with Gasteiger partial charge in [0.15, 0.2) is 0 Å². The molecule has 196 valence electrons. The molecule has 0 fully saturated rings. The van der Waals surface area contributed by atoms with Gasteiger partial charge in [0.2, 0.25) is 5.91 Å². The molecule has 4 rings (SSSR count). The molecule has 6 nitrogen and oxygen atoms in total. The molecule has 0 aliphatic rings. The summed E-state index contributed by atoms with van der Waals surface area (Å²) >= 11 is 9.88. The average molecular weight is 668 g/mol. The Labute approximate surface area is 249 Å². The van der Waals surface area contributed by atoms with Gasteiger partial charge in [-0.15, -0.1) is 11.8 Å². The standard InChI is InChI=1S/C30H23ClIN3O3S/c31-26-9-5-4-8-21(26)18-27(35-29(37)20-6-2-1-3-7-20)30(38)34-24-14-16-25(17-15-24)39-19-28(36)33-23-12-10-22(32)11-13-23/h1-18H,19H2,(H,33,36)(H,34,38)(H,35,37)/b27-18-. The summed E-state index contributed by atoms with van der Waals surface area (Å²) < 4.78 is 1.09. The molecule has 3 amide bonds. The monoisotopic (exact) mass is 667 g/mol. The zero-order chi connectivity index (χ0) is 27.6. The van der Waals surface area contributed by atoms with Crippen molar-refractivity contribution < 1.29 is 14.4 Å². The van der Waals surface area contributed by atoms with E-state index in [0.717, 1.165) is 14.2 Å². The Hall–Kier alpha value is -3.60. The zero-order valence-electron chi connectivity index (χ0n) is 20.5. The Balaban J connectivity index is 1.40. The first-order chi connectivity index (χ1) is 18.9. The lowest BCUT2D eigenvalue weighted by molar-refractivity contribution is -0.114. The summed E-state index contributed by atoms with van der Waals surface area (Å²) in [6, 6.07) is 30.4. The van der Waals surface area contributed by atoms with Crippen molar-refractivity contribution in [2.45, 2.75) is 4.90 Å². The van der Waals surface area contributed by atoms with E-state index in [4.69, 9.17) is 11.6 Å². The van der Waals surface area contributed by atoms with Gasteiger partial charge < -0.3 is 16.0 Å². The summed E-state index contributed by atoms with van der Waals surface area (Å²) in [5.74, 6) is -0.786. The number of anilines is 2. The number of halogens is 2. The van der Waals surface area contributed by atoms with Crippen LogP contribution in [0.25, 0.3) is 6.08 Å². The van der Waals surface area contributed by atoms with Gasteiger partial charge in [-0.2, -0.15) is 0 Å². The number of hydrogen-bond donors (Lipinski definition) is 3. The van der Waals surface area contributed by atoms with Crippen LogP contribution in [-0.4, -0.2) is 23.5 Å². The van der Waals surface area contributed by atoms with Crippen molar-refractivity contribution in [3.05, 3.63) is 129 Å². The first kappa shape index (κ1) is 28.4. The maximum absolute atomic E-state index is 13.2. The highest BCUT2D eigenvalue weighted by Crippen LogP contribution is 2.22. The van der Waals surface area contributed by atoms with Crippen LogP contribution >= 0.6 is 46.0 Å². The minimum absolute atomic E-state index is 0.0441. The Bertz CT molecular complexity index is 1490. The highest BCUT2D eigenvalue weighted by atomic mass is 127. The average Bonchev–Trinajstić information content (AvgIpc) is 2.95. The van der Waals surface area contributed by atoms with Gasteiger partial charge in [-0.25, -0.2) is 0 Å². The molecule has 0 aromatic heterocycles. The highest BCUT2D eigenvalue weighted by Gasteiger charge is 2.16. The quantitative estimate of drug-likeness (QED) is 0.101. The van der Waals surface area contributed by atoms with Crippen LogP contribution in [-0.2, 0) is 9.59 Å². The lowest BCUT2D eigenvalue weighted by atomic mass is 10.1. The van der Waals surface area contributed by atoms with E-state index in [1.54, 1.807) is 60.7 Å². The Morgan fingerprint density at radius 2 is 1.38 bits per heavy atom. The minimum Gasteiger partial charge on any atom is -0.325 e. The van der Waals surface area contributed by atoms with E-state index in [-0.39, 0.29) is 17.4 Å². The largest absolute Gasteiger partial charge is 0.325 e. The second-order valence-electron chi connectivity index (χ2n) is 8.22. The van der Waals surface area contributed by atoms with Crippen molar-refractivity contribution in [1.82, 2.24) is 5.32 Å². The third kappa shape index (κ3) is 8.71. The van der Waals surface area contributed by atoms with Crippen molar-refractivity contribution in [3.8, 4) is 0 Å². The molecule has 39 heavy (non-hydrogen) atoms. The second-order valence-corrected chi connectivity index (χ2v) is 10.9. The van der Waals surface area contributed by atoms with Crippen LogP contribution in [0.1, 0.15) is 15.9 Å². The molecule has 0 saturated heterocycles. The molecule has 0 radical (unpaired) electrons. The molecule has 4 aromatic rings. The van der Waals surface area contributed by atoms with Gasteiger partial charge in [0.05, 0.1) is 5.75 Å². The van der Waals surface area contributed by atoms with E-state index >= 15 is 0 Å². The summed E-state index contributed by atoms with van der Waals surface area (Å²) in [5.41, 5.74) is 2.34. The summed E-state index contributed by atoms with van der Waals surface area (Å²) in [5, 5.41) is 8.83. The van der Waals surface area contributed by atoms with Gasteiger partial charge in [-0.3, -0.25) is 14.4 Å². The predicted octanol–water partition coefficient (Wildman–Crippen LogP) is 7.09. The van der Waals surface area contributed by atoms with E-state index in [1.807, 2.05) is 42.5 Å². The van der Waals surface area contributed by atoms with Gasteiger partial charge in [0, 0.05) is 30.4 Å². The van der Waals surface area contributed by atoms with Gasteiger partial charge in [-0.05, 0) is 101 Å². The Kier molecular flexibility index (Phi) is 10.2. The third-order valence-corrected chi connectivity index (χ3v) is 7.42. The molecule has 0 saturated carbocycles. The van der Waals surface area contributed by atoms with Gasteiger partial charge in [0.25, 0.3) is 11.8 Å². The fourth-order valence-electron chi connectivity index (χ4n) is 3.40. The molecular formula is C30H23ClIN3O3S. The maximum atomic E-state index is 13.2. The number of benzene rings is 4.